The van der Waals surface area contributed by atoms with Crippen LogP contribution in [-0.4, -0.2) is 20.3 Å². The summed E-state index contributed by atoms with van der Waals surface area (Å²) in [6.07, 6.45) is 2.62. The molecule has 2 rings (SSSR count). The van der Waals surface area contributed by atoms with Crippen molar-refractivity contribution in [3.63, 3.8) is 0 Å². The van der Waals surface area contributed by atoms with Gasteiger partial charge in [0.15, 0.2) is 5.82 Å². The Morgan fingerprint density at radius 3 is 3.20 bits per heavy atom. The van der Waals surface area contributed by atoms with Crippen LogP contribution in [0.25, 0.3) is 0 Å². The van der Waals surface area contributed by atoms with E-state index in [1.807, 2.05) is 0 Å². The minimum absolute atomic E-state index is 0.0495. The molecule has 0 spiro atoms. The Hall–Kier alpha value is -1.89. The molecule has 0 aliphatic rings. The molecule has 78 valence electrons. The zero-order valence-electron chi connectivity index (χ0n) is 7.40. The number of nitrogens with one attached hydrogen (secondary N) is 2. The normalized spacial score (nSPS) is 10.2. The molecule has 0 aliphatic heterocycles. The first kappa shape index (κ1) is 9.66. The third-order valence-corrected chi connectivity index (χ3v) is 2.01. The van der Waals surface area contributed by atoms with Crippen LogP contribution < -0.4 is 10.9 Å². The third kappa shape index (κ3) is 2.13. The van der Waals surface area contributed by atoms with E-state index in [-0.39, 0.29) is 5.02 Å². The van der Waals surface area contributed by atoms with Gasteiger partial charge in [0.25, 0.3) is 5.56 Å². The summed E-state index contributed by atoms with van der Waals surface area (Å²) in [5.41, 5.74) is -0.0278. The van der Waals surface area contributed by atoms with Gasteiger partial charge >= 0.3 is 0 Å². The van der Waals surface area contributed by atoms with Crippen molar-refractivity contribution in [2.75, 3.05) is 5.32 Å². The Morgan fingerprint density at radius 2 is 2.47 bits per heavy atom. The van der Waals surface area contributed by atoms with E-state index in [2.05, 4.69) is 30.2 Å². The van der Waals surface area contributed by atoms with Crippen LogP contribution >= 0.6 is 11.6 Å². The van der Waals surface area contributed by atoms with E-state index >= 15 is 0 Å². The Labute approximate surface area is 88.5 Å². The summed E-state index contributed by atoms with van der Waals surface area (Å²) in [6, 6.07) is 0. The highest BCUT2D eigenvalue weighted by Crippen LogP contribution is 2.14. The van der Waals surface area contributed by atoms with E-state index in [1.54, 1.807) is 0 Å². The van der Waals surface area contributed by atoms with Crippen molar-refractivity contribution < 1.29 is 4.52 Å². The monoisotopic (exact) mass is 227 g/mol. The molecule has 2 aromatic rings. The lowest BCUT2D eigenvalue weighted by Gasteiger charge is -2.03. The van der Waals surface area contributed by atoms with Gasteiger partial charge in [0.05, 0.1) is 18.4 Å². The van der Waals surface area contributed by atoms with Crippen molar-refractivity contribution in [2.24, 2.45) is 0 Å². The average Bonchev–Trinajstić information content (AvgIpc) is 2.73. The van der Waals surface area contributed by atoms with Crippen molar-refractivity contribution in [1.29, 1.82) is 0 Å². The quantitative estimate of drug-likeness (QED) is 0.789. The van der Waals surface area contributed by atoms with Gasteiger partial charge in [0.2, 0.25) is 6.39 Å². The minimum Gasteiger partial charge on any atom is -0.375 e. The van der Waals surface area contributed by atoms with E-state index < -0.39 is 5.56 Å². The van der Waals surface area contributed by atoms with Crippen molar-refractivity contribution in [3.05, 3.63) is 33.8 Å². The highest BCUT2D eigenvalue weighted by Gasteiger charge is 2.05. The molecular weight excluding hydrogens is 222 g/mol. The molecule has 15 heavy (non-hydrogen) atoms. The largest absolute Gasteiger partial charge is 0.375 e. The number of halogens is 1. The summed E-state index contributed by atoms with van der Waals surface area (Å²) in [6.45, 7) is 0.307. The van der Waals surface area contributed by atoms with Gasteiger partial charge in [-0.2, -0.15) is 10.1 Å². The summed E-state index contributed by atoms with van der Waals surface area (Å²) >= 11 is 5.72. The number of H-pyrrole nitrogens is 1. The Bertz CT molecular complexity index is 494. The fraction of sp³-hybridized carbons (Fsp3) is 0.143. The summed E-state index contributed by atoms with van der Waals surface area (Å²) in [5, 5.41) is 12.3. The molecule has 0 fully saturated rings. The number of anilines is 1. The number of hydrogen-bond acceptors (Lipinski definition) is 6. The molecule has 2 aromatic heterocycles. The first-order valence-corrected chi connectivity index (χ1v) is 4.37. The molecule has 0 saturated heterocycles. The van der Waals surface area contributed by atoms with Gasteiger partial charge in [0.1, 0.15) is 5.02 Å². The second-order valence-electron chi connectivity index (χ2n) is 2.63. The smallest absolute Gasteiger partial charge is 0.285 e. The minimum atomic E-state index is -0.449. The number of aromatic nitrogens is 4. The third-order valence-electron chi connectivity index (χ3n) is 1.64. The lowest BCUT2D eigenvalue weighted by atomic mass is 10.4. The predicted octanol–water partition coefficient (Wildman–Crippen LogP) is 0.418. The molecule has 0 radical (unpaired) electrons. The van der Waals surface area contributed by atoms with Crippen LogP contribution in [0.15, 0.2) is 21.9 Å². The topological polar surface area (TPSA) is 96.7 Å². The van der Waals surface area contributed by atoms with Crippen LogP contribution in [0.3, 0.4) is 0 Å². The van der Waals surface area contributed by atoms with E-state index in [0.717, 1.165) is 0 Å². The van der Waals surface area contributed by atoms with Gasteiger partial charge in [-0.25, -0.2) is 5.10 Å². The Balaban J connectivity index is 2.12. The van der Waals surface area contributed by atoms with Gasteiger partial charge in [-0.3, -0.25) is 4.79 Å². The first-order chi connectivity index (χ1) is 7.27. The summed E-state index contributed by atoms with van der Waals surface area (Å²) < 4.78 is 4.54. The SMILES string of the molecule is O=c1[nH]ncc(NCc2ncon2)c1Cl. The van der Waals surface area contributed by atoms with Crippen molar-refractivity contribution in [3.8, 4) is 0 Å². The highest BCUT2D eigenvalue weighted by atomic mass is 35.5. The van der Waals surface area contributed by atoms with Crippen molar-refractivity contribution in [2.45, 2.75) is 6.54 Å². The molecule has 0 aliphatic carbocycles. The molecule has 0 amide bonds. The molecule has 2 N–H and O–H groups in total. The van der Waals surface area contributed by atoms with E-state index in [1.165, 1.54) is 12.6 Å². The van der Waals surface area contributed by atoms with E-state index in [4.69, 9.17) is 11.6 Å². The highest BCUT2D eigenvalue weighted by molar-refractivity contribution is 6.32. The van der Waals surface area contributed by atoms with Gasteiger partial charge < -0.3 is 9.84 Å². The first-order valence-electron chi connectivity index (χ1n) is 3.99. The van der Waals surface area contributed by atoms with Gasteiger partial charge in [-0.1, -0.05) is 16.8 Å². The maximum Gasteiger partial charge on any atom is 0.285 e. The lowest BCUT2D eigenvalue weighted by molar-refractivity contribution is 0.411. The molecule has 8 heteroatoms. The van der Waals surface area contributed by atoms with Crippen LogP contribution in [0.5, 0.6) is 0 Å². The standard InChI is InChI=1S/C7H6ClN5O2/c8-6-4(1-11-12-7(6)14)9-2-5-10-3-15-13-5/h1,3H,2H2,(H2,9,12,14). The molecular formula is C7H6ClN5O2. The predicted molar refractivity (Wildman–Crippen MR) is 51.5 cm³/mol. The van der Waals surface area contributed by atoms with Crippen molar-refractivity contribution >= 4 is 17.3 Å². The molecule has 0 bridgehead atoms. The lowest BCUT2D eigenvalue weighted by Crippen LogP contribution is -2.12. The summed E-state index contributed by atoms with van der Waals surface area (Å²) in [7, 11) is 0. The second kappa shape index (κ2) is 4.09. The molecule has 7 nitrogen and oxygen atoms in total. The van der Waals surface area contributed by atoms with Crippen molar-refractivity contribution in [1.82, 2.24) is 20.3 Å². The zero-order chi connectivity index (χ0) is 10.7. The molecule has 2 heterocycles. The fourth-order valence-electron chi connectivity index (χ4n) is 0.951. The van der Waals surface area contributed by atoms with Gasteiger partial charge in [-0.05, 0) is 0 Å². The summed E-state index contributed by atoms with van der Waals surface area (Å²) in [4.78, 5) is 14.9. The zero-order valence-corrected chi connectivity index (χ0v) is 8.15. The number of rotatable bonds is 3. The van der Waals surface area contributed by atoms with E-state index in [9.17, 15) is 4.79 Å². The number of aromatic amines is 1. The Kier molecular flexibility index (Phi) is 2.64. The molecule has 0 aromatic carbocycles. The fourth-order valence-corrected chi connectivity index (χ4v) is 1.11. The maximum absolute atomic E-state index is 11.1. The number of hydrogen-bond donors (Lipinski definition) is 2. The average molecular weight is 228 g/mol. The second-order valence-corrected chi connectivity index (χ2v) is 3.01. The number of nitrogens with zero attached hydrogens (tertiary/aromatic N) is 3. The van der Waals surface area contributed by atoms with Crippen LogP contribution in [-0.2, 0) is 6.54 Å². The molecule has 0 unspecified atom stereocenters. The van der Waals surface area contributed by atoms with Crippen LogP contribution in [0.1, 0.15) is 5.82 Å². The van der Waals surface area contributed by atoms with Gasteiger partial charge in [-0.15, -0.1) is 0 Å². The van der Waals surface area contributed by atoms with Crippen LogP contribution in [0.2, 0.25) is 5.02 Å². The van der Waals surface area contributed by atoms with Crippen LogP contribution in [0, 0.1) is 0 Å². The summed E-state index contributed by atoms with van der Waals surface area (Å²) in [5.74, 6) is 0.464. The maximum atomic E-state index is 11.1. The molecule has 0 atom stereocenters. The Morgan fingerprint density at radius 1 is 1.60 bits per heavy atom. The molecule has 0 saturated carbocycles. The van der Waals surface area contributed by atoms with Gasteiger partial charge in [0, 0.05) is 0 Å². The van der Waals surface area contributed by atoms with E-state index in [0.29, 0.717) is 18.1 Å². The van der Waals surface area contributed by atoms with Crippen LogP contribution in [0.4, 0.5) is 5.69 Å².